The third-order valence-corrected chi connectivity index (χ3v) is 4.39. The smallest absolute Gasteiger partial charge is 0.0681 e. The zero-order valence-corrected chi connectivity index (χ0v) is 11.6. The molecule has 1 aromatic carbocycles. The quantitative estimate of drug-likeness (QED) is 0.853. The molecule has 0 aliphatic carbocycles. The number of hydrogen-bond acceptors (Lipinski definition) is 3. The van der Waals surface area contributed by atoms with Gasteiger partial charge in [-0.2, -0.15) is 0 Å². The molecule has 0 bridgehead atoms. The fraction of sp³-hybridized carbons (Fsp3) is 0.333. The molecule has 0 aliphatic rings. The van der Waals surface area contributed by atoms with E-state index < -0.39 is 0 Å². The molecule has 0 spiro atoms. The van der Waals surface area contributed by atoms with Crippen molar-refractivity contribution in [1.29, 1.82) is 0 Å². The molecular weight excluding hydrogens is 242 g/mol. The number of rotatable bonds is 5. The molecule has 2 N–H and O–H groups in total. The normalized spacial score (nSPS) is 12.4. The van der Waals surface area contributed by atoms with E-state index in [2.05, 4.69) is 31.3 Å². The summed E-state index contributed by atoms with van der Waals surface area (Å²) in [6.45, 7) is 4.45. The van der Waals surface area contributed by atoms with Gasteiger partial charge < -0.3 is 10.4 Å². The summed E-state index contributed by atoms with van der Waals surface area (Å²) in [5.41, 5.74) is 2.03. The number of anilines is 1. The Hall–Kier alpha value is -1.32. The molecule has 18 heavy (non-hydrogen) atoms. The predicted molar refractivity (Wildman–Crippen MR) is 78.1 cm³/mol. The Labute approximate surface area is 112 Å². The van der Waals surface area contributed by atoms with Gasteiger partial charge in [-0.1, -0.05) is 19.1 Å². The minimum absolute atomic E-state index is 0.0978. The standard InChI is InChI=1S/C15H19NOS/c1-3-14-8-9-15(18-14)11(2)16-13-6-4-12(10-17)5-7-13/h4-9,11,16-17H,3,10H2,1-2H3. The second kappa shape index (κ2) is 6.03. The van der Waals surface area contributed by atoms with Gasteiger partial charge in [0.1, 0.15) is 0 Å². The molecule has 1 heterocycles. The number of aliphatic hydroxyl groups excluding tert-OH is 1. The van der Waals surface area contributed by atoms with Gasteiger partial charge in [0, 0.05) is 15.4 Å². The molecule has 0 amide bonds. The van der Waals surface area contributed by atoms with Gasteiger partial charge in [0.2, 0.25) is 0 Å². The first-order chi connectivity index (χ1) is 8.72. The summed E-state index contributed by atoms with van der Waals surface area (Å²) < 4.78 is 0. The van der Waals surface area contributed by atoms with Crippen molar-refractivity contribution in [3.8, 4) is 0 Å². The number of nitrogens with one attached hydrogen (secondary N) is 1. The lowest BCUT2D eigenvalue weighted by atomic mass is 10.2. The summed E-state index contributed by atoms with van der Waals surface area (Å²) in [6.07, 6.45) is 1.10. The predicted octanol–water partition coefficient (Wildman–Crippen LogP) is 3.98. The van der Waals surface area contributed by atoms with Crippen LogP contribution >= 0.6 is 11.3 Å². The first-order valence-corrected chi connectivity index (χ1v) is 7.09. The summed E-state index contributed by atoms with van der Waals surface area (Å²) in [7, 11) is 0. The third-order valence-electron chi connectivity index (χ3n) is 2.98. The van der Waals surface area contributed by atoms with Crippen LogP contribution in [0.1, 0.15) is 35.2 Å². The van der Waals surface area contributed by atoms with Crippen molar-refractivity contribution in [2.24, 2.45) is 0 Å². The summed E-state index contributed by atoms with van der Waals surface area (Å²) in [4.78, 5) is 2.78. The lowest BCUT2D eigenvalue weighted by Crippen LogP contribution is -2.04. The number of benzene rings is 1. The molecule has 0 saturated carbocycles. The van der Waals surface area contributed by atoms with Crippen molar-refractivity contribution in [2.75, 3.05) is 5.32 Å². The molecule has 3 heteroatoms. The maximum atomic E-state index is 9.00. The van der Waals surface area contributed by atoms with E-state index >= 15 is 0 Å². The van der Waals surface area contributed by atoms with Crippen LogP contribution in [0.25, 0.3) is 0 Å². The average Bonchev–Trinajstić information content (AvgIpc) is 2.88. The monoisotopic (exact) mass is 261 g/mol. The highest BCUT2D eigenvalue weighted by Gasteiger charge is 2.08. The Morgan fingerprint density at radius 1 is 1.17 bits per heavy atom. The molecule has 2 rings (SSSR count). The van der Waals surface area contributed by atoms with Crippen LogP contribution in [-0.4, -0.2) is 5.11 Å². The second-order valence-electron chi connectivity index (χ2n) is 4.38. The maximum absolute atomic E-state index is 9.00. The van der Waals surface area contributed by atoms with Crippen molar-refractivity contribution < 1.29 is 5.11 Å². The van der Waals surface area contributed by atoms with Crippen molar-refractivity contribution in [2.45, 2.75) is 32.9 Å². The third kappa shape index (κ3) is 3.12. The highest BCUT2D eigenvalue weighted by atomic mass is 32.1. The summed E-state index contributed by atoms with van der Waals surface area (Å²) in [6, 6.07) is 12.6. The lowest BCUT2D eigenvalue weighted by molar-refractivity contribution is 0.282. The summed E-state index contributed by atoms with van der Waals surface area (Å²) in [5, 5.41) is 12.5. The van der Waals surface area contributed by atoms with Gasteiger partial charge in [-0.3, -0.25) is 0 Å². The fourth-order valence-corrected chi connectivity index (χ4v) is 2.80. The van der Waals surface area contributed by atoms with E-state index in [1.807, 2.05) is 35.6 Å². The minimum Gasteiger partial charge on any atom is -0.392 e. The molecule has 96 valence electrons. The van der Waals surface area contributed by atoms with E-state index in [1.165, 1.54) is 9.75 Å². The average molecular weight is 261 g/mol. The van der Waals surface area contributed by atoms with Gasteiger partial charge >= 0.3 is 0 Å². The maximum Gasteiger partial charge on any atom is 0.0681 e. The lowest BCUT2D eigenvalue weighted by Gasteiger charge is -2.14. The zero-order chi connectivity index (χ0) is 13.0. The van der Waals surface area contributed by atoms with Crippen LogP contribution in [-0.2, 0) is 13.0 Å². The first kappa shape index (κ1) is 13.1. The van der Waals surface area contributed by atoms with Crippen molar-refractivity contribution >= 4 is 17.0 Å². The highest BCUT2D eigenvalue weighted by molar-refractivity contribution is 7.12. The molecule has 2 aromatic rings. The van der Waals surface area contributed by atoms with Gasteiger partial charge in [0.05, 0.1) is 12.6 Å². The van der Waals surface area contributed by atoms with Crippen molar-refractivity contribution in [3.05, 3.63) is 51.7 Å². The largest absolute Gasteiger partial charge is 0.392 e. The molecule has 1 unspecified atom stereocenters. The van der Waals surface area contributed by atoms with E-state index in [0.717, 1.165) is 17.7 Å². The van der Waals surface area contributed by atoms with E-state index in [-0.39, 0.29) is 6.61 Å². The molecular formula is C15H19NOS. The van der Waals surface area contributed by atoms with Crippen molar-refractivity contribution in [3.63, 3.8) is 0 Å². The SMILES string of the molecule is CCc1ccc(C(C)Nc2ccc(CO)cc2)s1. The van der Waals surface area contributed by atoms with Crippen LogP contribution < -0.4 is 5.32 Å². The van der Waals surface area contributed by atoms with Crippen LogP contribution in [0.3, 0.4) is 0 Å². The first-order valence-electron chi connectivity index (χ1n) is 6.28. The Bertz CT molecular complexity index is 489. The van der Waals surface area contributed by atoms with Crippen LogP contribution in [0.4, 0.5) is 5.69 Å². The molecule has 2 nitrogen and oxygen atoms in total. The number of aliphatic hydroxyl groups is 1. The van der Waals surface area contributed by atoms with Crippen LogP contribution in [0, 0.1) is 0 Å². The summed E-state index contributed by atoms with van der Waals surface area (Å²) >= 11 is 1.87. The molecule has 0 fully saturated rings. The van der Waals surface area contributed by atoms with Crippen LogP contribution in [0.2, 0.25) is 0 Å². The highest BCUT2D eigenvalue weighted by Crippen LogP contribution is 2.26. The topological polar surface area (TPSA) is 32.3 Å². The Morgan fingerprint density at radius 2 is 1.89 bits per heavy atom. The Kier molecular flexibility index (Phi) is 4.39. The summed E-state index contributed by atoms with van der Waals surface area (Å²) in [5.74, 6) is 0. The van der Waals surface area contributed by atoms with E-state index in [0.29, 0.717) is 6.04 Å². The molecule has 1 aromatic heterocycles. The zero-order valence-electron chi connectivity index (χ0n) is 10.8. The molecule has 1 atom stereocenters. The minimum atomic E-state index is 0.0978. The van der Waals surface area contributed by atoms with E-state index in [4.69, 9.17) is 5.11 Å². The van der Waals surface area contributed by atoms with E-state index in [1.54, 1.807) is 0 Å². The second-order valence-corrected chi connectivity index (χ2v) is 5.58. The van der Waals surface area contributed by atoms with Crippen molar-refractivity contribution in [1.82, 2.24) is 0 Å². The number of aryl methyl sites for hydroxylation is 1. The fourth-order valence-electron chi connectivity index (χ4n) is 1.84. The van der Waals surface area contributed by atoms with Crippen LogP contribution in [0.15, 0.2) is 36.4 Å². The molecule has 0 aliphatic heterocycles. The van der Waals surface area contributed by atoms with Gasteiger partial charge in [-0.25, -0.2) is 0 Å². The van der Waals surface area contributed by atoms with Gasteiger partial charge in [-0.05, 0) is 43.2 Å². The number of thiophene rings is 1. The van der Waals surface area contributed by atoms with Gasteiger partial charge in [0.25, 0.3) is 0 Å². The molecule has 0 radical (unpaired) electrons. The van der Waals surface area contributed by atoms with E-state index in [9.17, 15) is 0 Å². The van der Waals surface area contributed by atoms with Gasteiger partial charge in [0.15, 0.2) is 0 Å². The Morgan fingerprint density at radius 3 is 2.44 bits per heavy atom. The molecule has 0 saturated heterocycles. The van der Waals surface area contributed by atoms with Gasteiger partial charge in [-0.15, -0.1) is 11.3 Å². The number of hydrogen-bond donors (Lipinski definition) is 2. The van der Waals surface area contributed by atoms with Crippen LogP contribution in [0.5, 0.6) is 0 Å². The Balaban J connectivity index is 2.03.